The molecule has 0 atom stereocenters. The lowest BCUT2D eigenvalue weighted by Crippen LogP contribution is -2.29. The Morgan fingerprint density at radius 1 is 1.28 bits per heavy atom. The molecule has 5 heteroatoms. The summed E-state index contributed by atoms with van der Waals surface area (Å²) in [5.74, 6) is 0.680. The molecule has 1 aromatic carbocycles. The molecule has 0 aliphatic carbocycles. The molecule has 0 aromatic heterocycles. The first-order valence-corrected chi connectivity index (χ1v) is 7.97. The average Bonchev–Trinajstić information content (AvgIpc) is 2.35. The van der Waals surface area contributed by atoms with E-state index >= 15 is 0 Å². The van der Waals surface area contributed by atoms with E-state index in [4.69, 9.17) is 11.6 Å². The fraction of sp³-hybridized carbons (Fsp3) is 0.538. The van der Waals surface area contributed by atoms with E-state index in [1.807, 2.05) is 0 Å². The van der Waals surface area contributed by atoms with Crippen molar-refractivity contribution in [2.45, 2.75) is 31.0 Å². The molecule has 0 spiro atoms. The smallest absolute Gasteiger partial charge is 0.207 e. The predicted octanol–water partition coefficient (Wildman–Crippen LogP) is 3.09. The van der Waals surface area contributed by atoms with Crippen LogP contribution in [0.3, 0.4) is 0 Å². The Hall–Kier alpha value is -0.580. The van der Waals surface area contributed by atoms with Gasteiger partial charge in [0.25, 0.3) is 0 Å². The maximum Gasteiger partial charge on any atom is 0.243 e. The van der Waals surface area contributed by atoms with Crippen molar-refractivity contribution >= 4 is 21.6 Å². The summed E-state index contributed by atoms with van der Waals surface area (Å²) < 4.78 is 26.2. The van der Waals surface area contributed by atoms with Crippen molar-refractivity contribution in [3.05, 3.63) is 29.8 Å². The maximum atomic E-state index is 12.4. The largest absolute Gasteiger partial charge is 0.243 e. The second-order valence-electron chi connectivity index (χ2n) is 4.75. The van der Waals surface area contributed by atoms with Gasteiger partial charge in [-0.1, -0.05) is 32.0 Å². The number of alkyl halides is 1. The number of rotatable bonds is 6. The van der Waals surface area contributed by atoms with E-state index in [9.17, 15) is 8.42 Å². The van der Waals surface area contributed by atoms with Crippen LogP contribution < -0.4 is 0 Å². The van der Waals surface area contributed by atoms with Crippen molar-refractivity contribution < 1.29 is 8.42 Å². The van der Waals surface area contributed by atoms with Gasteiger partial charge < -0.3 is 0 Å². The van der Waals surface area contributed by atoms with Crippen LogP contribution in [0.4, 0.5) is 0 Å². The van der Waals surface area contributed by atoms with Gasteiger partial charge >= 0.3 is 0 Å². The summed E-state index contributed by atoms with van der Waals surface area (Å²) in [7, 11) is -1.81. The van der Waals surface area contributed by atoms with Gasteiger partial charge in [0, 0.05) is 19.5 Å². The first kappa shape index (κ1) is 15.5. The van der Waals surface area contributed by atoms with Crippen molar-refractivity contribution in [1.29, 1.82) is 0 Å². The normalized spacial score (nSPS) is 12.3. The molecule has 1 aromatic rings. The summed E-state index contributed by atoms with van der Waals surface area (Å²) in [6, 6.07) is 6.87. The van der Waals surface area contributed by atoms with Gasteiger partial charge in [0.1, 0.15) is 0 Å². The van der Waals surface area contributed by atoms with Crippen LogP contribution in [0.5, 0.6) is 0 Å². The zero-order chi connectivity index (χ0) is 13.8. The predicted molar refractivity (Wildman–Crippen MR) is 75.3 cm³/mol. The van der Waals surface area contributed by atoms with E-state index in [2.05, 4.69) is 13.8 Å². The Bertz CT molecular complexity index is 486. The molecule has 0 bridgehead atoms. The van der Waals surface area contributed by atoms with Gasteiger partial charge in [-0.05, 0) is 24.0 Å². The van der Waals surface area contributed by atoms with Gasteiger partial charge in [0.15, 0.2) is 0 Å². The van der Waals surface area contributed by atoms with Crippen LogP contribution in [0.1, 0.15) is 25.8 Å². The summed E-state index contributed by atoms with van der Waals surface area (Å²) in [5.41, 5.74) is 0.649. The van der Waals surface area contributed by atoms with Crippen molar-refractivity contribution in [3.63, 3.8) is 0 Å². The van der Waals surface area contributed by atoms with E-state index in [1.54, 1.807) is 31.3 Å². The minimum Gasteiger partial charge on any atom is -0.207 e. The molecule has 1 rings (SSSR count). The van der Waals surface area contributed by atoms with Gasteiger partial charge in [-0.15, -0.1) is 11.6 Å². The number of halogens is 1. The van der Waals surface area contributed by atoms with Gasteiger partial charge in [-0.25, -0.2) is 12.7 Å². The number of nitrogens with zero attached hydrogens (tertiary/aromatic N) is 1. The Labute approximate surface area is 115 Å². The van der Waals surface area contributed by atoms with Crippen LogP contribution in [0.2, 0.25) is 0 Å². The lowest BCUT2D eigenvalue weighted by molar-refractivity contribution is 0.428. The molecule has 0 fully saturated rings. The third kappa shape index (κ3) is 3.70. The molecule has 0 radical (unpaired) electrons. The second kappa shape index (κ2) is 6.55. The van der Waals surface area contributed by atoms with Gasteiger partial charge in [-0.2, -0.15) is 0 Å². The molecule has 0 aliphatic rings. The van der Waals surface area contributed by atoms with Crippen LogP contribution >= 0.6 is 11.6 Å². The first-order valence-electron chi connectivity index (χ1n) is 5.99. The first-order chi connectivity index (χ1) is 8.39. The Balaban J connectivity index is 2.98. The lowest BCUT2D eigenvalue weighted by atomic mass is 10.1. The zero-order valence-electron chi connectivity index (χ0n) is 11.1. The Morgan fingerprint density at radius 3 is 2.44 bits per heavy atom. The third-order valence-corrected chi connectivity index (χ3v) is 5.07. The fourth-order valence-electron chi connectivity index (χ4n) is 1.59. The Kier molecular flexibility index (Phi) is 5.63. The molecule has 0 saturated carbocycles. The standard InChI is InChI=1S/C13H20ClNO2S/c1-11(2)8-9-15(3)18(16,17)13-7-5-4-6-12(13)10-14/h4-7,11H,8-10H2,1-3H3. The Morgan fingerprint density at radius 2 is 1.89 bits per heavy atom. The van der Waals surface area contributed by atoms with Crippen LogP contribution in [-0.4, -0.2) is 26.3 Å². The maximum absolute atomic E-state index is 12.4. The number of benzene rings is 1. The zero-order valence-corrected chi connectivity index (χ0v) is 12.6. The third-order valence-electron chi connectivity index (χ3n) is 2.83. The van der Waals surface area contributed by atoms with Crippen LogP contribution in [0.25, 0.3) is 0 Å². The van der Waals surface area contributed by atoms with E-state index < -0.39 is 10.0 Å². The van der Waals surface area contributed by atoms with Gasteiger partial charge in [0.05, 0.1) is 4.90 Å². The van der Waals surface area contributed by atoms with Gasteiger partial charge in [0.2, 0.25) is 10.0 Å². The highest BCUT2D eigenvalue weighted by Gasteiger charge is 2.23. The van der Waals surface area contributed by atoms with Crippen LogP contribution in [-0.2, 0) is 15.9 Å². The van der Waals surface area contributed by atoms with Crippen molar-refractivity contribution in [1.82, 2.24) is 4.31 Å². The molecule has 102 valence electrons. The topological polar surface area (TPSA) is 37.4 Å². The van der Waals surface area contributed by atoms with Crippen molar-refractivity contribution in [2.75, 3.05) is 13.6 Å². The second-order valence-corrected chi connectivity index (χ2v) is 7.03. The molecule has 0 N–H and O–H groups in total. The molecular formula is C13H20ClNO2S. The highest BCUT2D eigenvalue weighted by molar-refractivity contribution is 7.89. The van der Waals surface area contributed by atoms with E-state index in [0.717, 1.165) is 6.42 Å². The summed E-state index contributed by atoms with van der Waals surface area (Å²) in [5, 5.41) is 0. The monoisotopic (exact) mass is 289 g/mol. The molecule has 0 heterocycles. The molecule has 0 aliphatic heterocycles. The molecular weight excluding hydrogens is 270 g/mol. The van der Waals surface area contributed by atoms with Crippen molar-refractivity contribution in [2.24, 2.45) is 5.92 Å². The quantitative estimate of drug-likeness (QED) is 0.755. The SMILES string of the molecule is CC(C)CCN(C)S(=O)(=O)c1ccccc1CCl. The van der Waals surface area contributed by atoms with E-state index in [0.29, 0.717) is 22.9 Å². The summed E-state index contributed by atoms with van der Waals surface area (Å²) in [4.78, 5) is 0.311. The minimum absolute atomic E-state index is 0.202. The number of sulfonamides is 1. The molecule has 0 unspecified atom stereocenters. The average molecular weight is 290 g/mol. The van der Waals surface area contributed by atoms with E-state index in [1.165, 1.54) is 4.31 Å². The summed E-state index contributed by atoms with van der Waals surface area (Å²) >= 11 is 5.79. The summed E-state index contributed by atoms with van der Waals surface area (Å²) in [6.45, 7) is 4.68. The highest BCUT2D eigenvalue weighted by Crippen LogP contribution is 2.21. The fourth-order valence-corrected chi connectivity index (χ4v) is 3.31. The van der Waals surface area contributed by atoms with E-state index in [-0.39, 0.29) is 5.88 Å². The molecule has 0 amide bonds. The molecule has 0 saturated heterocycles. The lowest BCUT2D eigenvalue weighted by Gasteiger charge is -2.19. The molecule has 18 heavy (non-hydrogen) atoms. The molecule has 3 nitrogen and oxygen atoms in total. The number of hydrogen-bond donors (Lipinski definition) is 0. The van der Waals surface area contributed by atoms with Crippen LogP contribution in [0, 0.1) is 5.92 Å². The summed E-state index contributed by atoms with van der Waals surface area (Å²) in [6.07, 6.45) is 0.846. The number of hydrogen-bond acceptors (Lipinski definition) is 2. The van der Waals surface area contributed by atoms with Gasteiger partial charge in [-0.3, -0.25) is 0 Å². The van der Waals surface area contributed by atoms with Crippen molar-refractivity contribution in [3.8, 4) is 0 Å². The van der Waals surface area contributed by atoms with Crippen LogP contribution in [0.15, 0.2) is 29.2 Å². The minimum atomic E-state index is -3.43. The highest BCUT2D eigenvalue weighted by atomic mass is 35.5.